The number of thiazole rings is 1. The number of hydrogen-bond acceptors (Lipinski definition) is 3. The van der Waals surface area contributed by atoms with Crippen LogP contribution in [-0.4, -0.2) is 34.8 Å². The Bertz CT molecular complexity index is 276. The molecule has 1 rings (SSSR count). The first-order chi connectivity index (χ1) is 6.79. The molecule has 0 bridgehead atoms. The highest BCUT2D eigenvalue weighted by molar-refractivity contribution is 7.07. The first kappa shape index (κ1) is 11.5. The molecule has 3 nitrogen and oxygen atoms in total. The SMILES string of the molecule is CCN(CCCCl)C(=O)c1cscn1. The molecule has 0 unspecified atom stereocenters. The predicted molar refractivity (Wildman–Crippen MR) is 59.0 cm³/mol. The third-order valence-electron chi connectivity index (χ3n) is 1.88. The Morgan fingerprint density at radius 2 is 2.50 bits per heavy atom. The third kappa shape index (κ3) is 2.96. The molecule has 0 saturated heterocycles. The Morgan fingerprint density at radius 3 is 3.00 bits per heavy atom. The van der Waals surface area contributed by atoms with Crippen LogP contribution in [0.4, 0.5) is 0 Å². The highest BCUT2D eigenvalue weighted by atomic mass is 35.5. The number of carbonyl (C=O) groups excluding carboxylic acids is 1. The van der Waals surface area contributed by atoms with E-state index in [-0.39, 0.29) is 5.91 Å². The van der Waals surface area contributed by atoms with Gasteiger partial charge in [-0.05, 0) is 13.3 Å². The molecule has 0 spiro atoms. The van der Waals surface area contributed by atoms with Crippen LogP contribution in [0, 0.1) is 0 Å². The number of hydrogen-bond donors (Lipinski definition) is 0. The maximum absolute atomic E-state index is 11.8. The van der Waals surface area contributed by atoms with Gasteiger partial charge in [-0.2, -0.15) is 0 Å². The molecule has 0 aromatic carbocycles. The van der Waals surface area contributed by atoms with Crippen molar-refractivity contribution in [3.63, 3.8) is 0 Å². The molecule has 0 atom stereocenters. The molecule has 0 aliphatic rings. The van der Waals surface area contributed by atoms with Crippen LogP contribution in [-0.2, 0) is 0 Å². The fourth-order valence-corrected chi connectivity index (χ4v) is 1.78. The zero-order valence-corrected chi connectivity index (χ0v) is 9.64. The Balaban J connectivity index is 2.56. The second-order valence-corrected chi connectivity index (χ2v) is 3.90. The molecule has 14 heavy (non-hydrogen) atoms. The summed E-state index contributed by atoms with van der Waals surface area (Å²) in [6.45, 7) is 3.36. The van der Waals surface area contributed by atoms with Gasteiger partial charge in [-0.3, -0.25) is 4.79 Å². The summed E-state index contributed by atoms with van der Waals surface area (Å²) in [6, 6.07) is 0. The quantitative estimate of drug-likeness (QED) is 0.730. The van der Waals surface area contributed by atoms with E-state index in [2.05, 4.69) is 4.98 Å². The fourth-order valence-electron chi connectivity index (χ4n) is 1.13. The second kappa shape index (κ2) is 5.98. The van der Waals surface area contributed by atoms with Crippen molar-refractivity contribution in [2.24, 2.45) is 0 Å². The molecular weight excluding hydrogens is 220 g/mol. The standard InChI is InChI=1S/C9H13ClN2OS/c1-2-12(5-3-4-10)9(13)8-6-14-7-11-8/h6-7H,2-5H2,1H3. The maximum atomic E-state index is 11.8. The molecule has 1 aromatic heterocycles. The monoisotopic (exact) mass is 232 g/mol. The molecule has 0 N–H and O–H groups in total. The minimum absolute atomic E-state index is 0.00105. The normalized spacial score (nSPS) is 10.1. The van der Waals surface area contributed by atoms with E-state index in [0.29, 0.717) is 24.7 Å². The minimum Gasteiger partial charge on any atom is -0.338 e. The Labute approximate surface area is 92.7 Å². The van der Waals surface area contributed by atoms with Gasteiger partial charge in [-0.1, -0.05) is 0 Å². The molecule has 0 aliphatic heterocycles. The number of rotatable bonds is 5. The lowest BCUT2D eigenvalue weighted by Gasteiger charge is -2.18. The van der Waals surface area contributed by atoms with Crippen molar-refractivity contribution in [3.05, 3.63) is 16.6 Å². The van der Waals surface area contributed by atoms with Gasteiger partial charge in [0.25, 0.3) is 5.91 Å². The van der Waals surface area contributed by atoms with Gasteiger partial charge in [0.05, 0.1) is 5.51 Å². The molecule has 0 saturated carbocycles. The van der Waals surface area contributed by atoms with Crippen molar-refractivity contribution in [2.45, 2.75) is 13.3 Å². The van der Waals surface area contributed by atoms with E-state index in [1.807, 2.05) is 6.92 Å². The summed E-state index contributed by atoms with van der Waals surface area (Å²) >= 11 is 7.02. The van der Waals surface area contributed by atoms with Crippen LogP contribution in [0.1, 0.15) is 23.8 Å². The van der Waals surface area contributed by atoms with Gasteiger partial charge in [0.15, 0.2) is 0 Å². The summed E-state index contributed by atoms with van der Waals surface area (Å²) in [5.74, 6) is 0.583. The van der Waals surface area contributed by atoms with Crippen molar-refractivity contribution >= 4 is 28.8 Å². The zero-order valence-electron chi connectivity index (χ0n) is 8.07. The number of halogens is 1. The topological polar surface area (TPSA) is 33.2 Å². The van der Waals surface area contributed by atoms with Crippen molar-refractivity contribution in [1.29, 1.82) is 0 Å². The van der Waals surface area contributed by atoms with Gasteiger partial charge in [0.2, 0.25) is 0 Å². The molecular formula is C9H13ClN2OS. The van der Waals surface area contributed by atoms with E-state index >= 15 is 0 Å². The van der Waals surface area contributed by atoms with Gasteiger partial charge in [0.1, 0.15) is 5.69 Å². The van der Waals surface area contributed by atoms with E-state index in [9.17, 15) is 4.79 Å². The molecule has 1 amide bonds. The molecule has 0 radical (unpaired) electrons. The maximum Gasteiger partial charge on any atom is 0.273 e. The fraction of sp³-hybridized carbons (Fsp3) is 0.556. The van der Waals surface area contributed by atoms with Gasteiger partial charge in [0, 0.05) is 24.3 Å². The Hall–Kier alpha value is -0.610. The molecule has 1 heterocycles. The van der Waals surface area contributed by atoms with Crippen LogP contribution in [0.5, 0.6) is 0 Å². The van der Waals surface area contributed by atoms with Crippen LogP contribution in [0.25, 0.3) is 0 Å². The summed E-state index contributed by atoms with van der Waals surface area (Å²) in [5, 5.41) is 1.77. The Kier molecular flexibility index (Phi) is 4.90. The van der Waals surface area contributed by atoms with Crippen LogP contribution in [0.3, 0.4) is 0 Å². The van der Waals surface area contributed by atoms with E-state index in [1.54, 1.807) is 15.8 Å². The van der Waals surface area contributed by atoms with Crippen molar-refractivity contribution < 1.29 is 4.79 Å². The van der Waals surface area contributed by atoms with E-state index < -0.39 is 0 Å². The number of carbonyl (C=O) groups is 1. The highest BCUT2D eigenvalue weighted by Gasteiger charge is 2.14. The predicted octanol–water partition coefficient (Wildman–Crippen LogP) is 2.23. The summed E-state index contributed by atoms with van der Waals surface area (Å²) in [4.78, 5) is 17.5. The number of alkyl halides is 1. The van der Waals surface area contributed by atoms with Crippen LogP contribution in [0.2, 0.25) is 0 Å². The van der Waals surface area contributed by atoms with Crippen molar-refractivity contribution in [1.82, 2.24) is 9.88 Å². The number of aromatic nitrogens is 1. The van der Waals surface area contributed by atoms with Gasteiger partial charge < -0.3 is 4.90 Å². The van der Waals surface area contributed by atoms with Gasteiger partial charge >= 0.3 is 0 Å². The first-order valence-electron chi connectivity index (χ1n) is 4.53. The van der Waals surface area contributed by atoms with E-state index in [1.165, 1.54) is 11.3 Å². The summed E-state index contributed by atoms with van der Waals surface area (Å²) in [7, 11) is 0. The lowest BCUT2D eigenvalue weighted by molar-refractivity contribution is 0.0760. The molecule has 0 fully saturated rings. The smallest absolute Gasteiger partial charge is 0.273 e. The molecule has 1 aromatic rings. The average molecular weight is 233 g/mol. The lowest BCUT2D eigenvalue weighted by atomic mass is 10.3. The van der Waals surface area contributed by atoms with Gasteiger partial charge in [-0.25, -0.2) is 4.98 Å². The van der Waals surface area contributed by atoms with E-state index in [4.69, 9.17) is 11.6 Å². The van der Waals surface area contributed by atoms with Crippen molar-refractivity contribution in [2.75, 3.05) is 19.0 Å². The summed E-state index contributed by atoms with van der Waals surface area (Å²) < 4.78 is 0. The highest BCUT2D eigenvalue weighted by Crippen LogP contribution is 2.06. The largest absolute Gasteiger partial charge is 0.338 e. The van der Waals surface area contributed by atoms with Crippen LogP contribution < -0.4 is 0 Å². The minimum atomic E-state index is -0.00105. The zero-order chi connectivity index (χ0) is 10.4. The molecule has 5 heteroatoms. The van der Waals surface area contributed by atoms with Crippen LogP contribution in [0.15, 0.2) is 10.9 Å². The summed E-state index contributed by atoms with van der Waals surface area (Å²) in [6.07, 6.45) is 0.825. The second-order valence-electron chi connectivity index (χ2n) is 2.80. The first-order valence-corrected chi connectivity index (χ1v) is 6.00. The molecule has 78 valence electrons. The van der Waals surface area contributed by atoms with Gasteiger partial charge in [-0.15, -0.1) is 22.9 Å². The van der Waals surface area contributed by atoms with E-state index in [0.717, 1.165) is 6.42 Å². The summed E-state index contributed by atoms with van der Waals surface area (Å²) in [5.41, 5.74) is 2.20. The molecule has 0 aliphatic carbocycles. The lowest BCUT2D eigenvalue weighted by Crippen LogP contribution is -2.32. The van der Waals surface area contributed by atoms with Crippen molar-refractivity contribution in [3.8, 4) is 0 Å². The average Bonchev–Trinajstić information content (AvgIpc) is 2.71. The third-order valence-corrected chi connectivity index (χ3v) is 2.74. The number of amides is 1. The Morgan fingerprint density at radius 1 is 1.71 bits per heavy atom. The number of nitrogens with zero attached hydrogens (tertiary/aromatic N) is 2. The van der Waals surface area contributed by atoms with Crippen LogP contribution >= 0.6 is 22.9 Å².